The van der Waals surface area contributed by atoms with Gasteiger partial charge in [-0.15, -0.1) is 0 Å². The molecule has 0 spiro atoms. The zero-order chi connectivity index (χ0) is 21.7. The number of aryl methyl sites for hydroxylation is 1. The number of anilines is 1. The van der Waals surface area contributed by atoms with Crippen molar-refractivity contribution in [2.24, 2.45) is 0 Å². The highest BCUT2D eigenvalue weighted by atomic mass is 19.4. The van der Waals surface area contributed by atoms with Crippen molar-refractivity contribution < 1.29 is 22.7 Å². The van der Waals surface area contributed by atoms with Gasteiger partial charge in [-0.25, -0.2) is 4.98 Å². The summed E-state index contributed by atoms with van der Waals surface area (Å²) in [7, 11) is 0. The van der Waals surface area contributed by atoms with Gasteiger partial charge in [0.15, 0.2) is 0 Å². The Bertz CT molecular complexity index is 1090. The Kier molecular flexibility index (Phi) is 6.56. The molecule has 0 aliphatic carbocycles. The Morgan fingerprint density at radius 1 is 1.20 bits per heavy atom. The number of rotatable bonds is 8. The molecule has 3 aromatic rings. The molecule has 0 saturated heterocycles. The van der Waals surface area contributed by atoms with Crippen LogP contribution in [0.1, 0.15) is 18.9 Å². The van der Waals surface area contributed by atoms with E-state index in [2.05, 4.69) is 10.3 Å². The van der Waals surface area contributed by atoms with Crippen LogP contribution in [0.4, 0.5) is 19.1 Å². The fraction of sp³-hybridized carbons (Fsp3) is 0.350. The number of imidazole rings is 1. The van der Waals surface area contributed by atoms with Crippen LogP contribution in [0.2, 0.25) is 0 Å². The van der Waals surface area contributed by atoms with Crippen molar-refractivity contribution in [2.45, 2.75) is 32.6 Å². The maximum Gasteiger partial charge on any atom is 0.417 e. The first-order valence-electron chi connectivity index (χ1n) is 9.40. The molecule has 1 N–H and O–H groups in total. The van der Waals surface area contributed by atoms with Crippen molar-refractivity contribution in [1.82, 2.24) is 14.1 Å². The van der Waals surface area contributed by atoms with Crippen molar-refractivity contribution in [3.63, 3.8) is 0 Å². The Labute approximate surface area is 170 Å². The van der Waals surface area contributed by atoms with Gasteiger partial charge in [0.1, 0.15) is 6.54 Å². The van der Waals surface area contributed by atoms with E-state index < -0.39 is 29.8 Å². The fourth-order valence-electron chi connectivity index (χ4n) is 3.01. The summed E-state index contributed by atoms with van der Waals surface area (Å²) >= 11 is 0. The first-order valence-corrected chi connectivity index (χ1v) is 9.40. The van der Waals surface area contributed by atoms with E-state index in [9.17, 15) is 22.8 Å². The van der Waals surface area contributed by atoms with Crippen molar-refractivity contribution in [3.8, 4) is 0 Å². The Balaban J connectivity index is 1.80. The zero-order valence-corrected chi connectivity index (χ0v) is 16.3. The molecule has 3 rings (SSSR count). The summed E-state index contributed by atoms with van der Waals surface area (Å²) in [6.07, 6.45) is -3.29. The predicted molar refractivity (Wildman–Crippen MR) is 105 cm³/mol. The van der Waals surface area contributed by atoms with Crippen LogP contribution < -0.4 is 10.9 Å². The number of benzene rings is 1. The third-order valence-corrected chi connectivity index (χ3v) is 4.41. The zero-order valence-electron chi connectivity index (χ0n) is 16.3. The van der Waals surface area contributed by atoms with Crippen LogP contribution in [0.25, 0.3) is 11.0 Å². The number of hydrogen-bond acceptors (Lipinski definition) is 4. The van der Waals surface area contributed by atoms with Gasteiger partial charge in [0.2, 0.25) is 11.9 Å². The van der Waals surface area contributed by atoms with Crippen molar-refractivity contribution in [1.29, 1.82) is 0 Å². The van der Waals surface area contributed by atoms with Crippen LogP contribution >= 0.6 is 0 Å². The minimum atomic E-state index is -4.61. The van der Waals surface area contributed by atoms with Crippen LogP contribution in [0.3, 0.4) is 0 Å². The minimum absolute atomic E-state index is 0.262. The van der Waals surface area contributed by atoms with Gasteiger partial charge in [0, 0.05) is 32.0 Å². The molecule has 0 bridgehead atoms. The van der Waals surface area contributed by atoms with Crippen LogP contribution in [-0.4, -0.2) is 33.2 Å². The van der Waals surface area contributed by atoms with E-state index in [0.29, 0.717) is 44.0 Å². The third-order valence-electron chi connectivity index (χ3n) is 4.41. The molecule has 0 saturated carbocycles. The molecular weight excluding hydrogens is 401 g/mol. The number of carbonyl (C=O) groups is 1. The molecule has 1 amide bonds. The highest BCUT2D eigenvalue weighted by Gasteiger charge is 2.31. The summed E-state index contributed by atoms with van der Waals surface area (Å²) in [6.45, 7) is 2.99. The van der Waals surface area contributed by atoms with E-state index in [-0.39, 0.29) is 5.95 Å². The van der Waals surface area contributed by atoms with E-state index in [0.717, 1.165) is 16.2 Å². The van der Waals surface area contributed by atoms with Crippen LogP contribution in [0.5, 0.6) is 0 Å². The molecule has 0 fully saturated rings. The van der Waals surface area contributed by atoms with Gasteiger partial charge in [-0.3, -0.25) is 14.9 Å². The first kappa shape index (κ1) is 21.6. The Morgan fingerprint density at radius 2 is 1.97 bits per heavy atom. The van der Waals surface area contributed by atoms with Gasteiger partial charge in [0.05, 0.1) is 16.6 Å². The molecule has 30 heavy (non-hydrogen) atoms. The first-order chi connectivity index (χ1) is 14.3. The smallest absolute Gasteiger partial charge is 0.382 e. The molecule has 0 unspecified atom stereocenters. The topological polar surface area (TPSA) is 78.1 Å². The molecule has 0 aliphatic rings. The number of hydrogen-bond donors (Lipinski definition) is 1. The predicted octanol–water partition coefficient (Wildman–Crippen LogP) is 3.28. The number of alkyl halides is 3. The van der Waals surface area contributed by atoms with Gasteiger partial charge >= 0.3 is 6.18 Å². The lowest BCUT2D eigenvalue weighted by atomic mass is 10.3. The van der Waals surface area contributed by atoms with Crippen LogP contribution in [0.15, 0.2) is 47.4 Å². The fourth-order valence-corrected chi connectivity index (χ4v) is 3.01. The summed E-state index contributed by atoms with van der Waals surface area (Å²) in [5.41, 5.74) is -0.234. The van der Waals surface area contributed by atoms with E-state index in [1.165, 1.54) is 0 Å². The van der Waals surface area contributed by atoms with Crippen molar-refractivity contribution in [2.75, 3.05) is 18.5 Å². The van der Waals surface area contributed by atoms with Gasteiger partial charge < -0.3 is 13.9 Å². The third kappa shape index (κ3) is 5.07. The van der Waals surface area contributed by atoms with E-state index in [1.807, 2.05) is 25.1 Å². The van der Waals surface area contributed by atoms with Crippen LogP contribution in [0, 0.1) is 0 Å². The van der Waals surface area contributed by atoms with E-state index >= 15 is 0 Å². The summed E-state index contributed by atoms with van der Waals surface area (Å²) in [5.74, 6) is -0.393. The van der Waals surface area contributed by atoms with Gasteiger partial charge in [-0.1, -0.05) is 12.1 Å². The average Bonchev–Trinajstić information content (AvgIpc) is 3.03. The van der Waals surface area contributed by atoms with E-state index in [1.54, 1.807) is 10.6 Å². The van der Waals surface area contributed by atoms with Gasteiger partial charge in [-0.05, 0) is 31.5 Å². The van der Waals surface area contributed by atoms with Crippen molar-refractivity contribution in [3.05, 3.63) is 58.5 Å². The molecule has 10 heteroatoms. The van der Waals surface area contributed by atoms with E-state index in [4.69, 9.17) is 4.74 Å². The number of nitrogens with zero attached hydrogens (tertiary/aromatic N) is 3. The molecule has 7 nitrogen and oxygen atoms in total. The number of ether oxygens (including phenoxy) is 1. The monoisotopic (exact) mass is 422 g/mol. The molecule has 2 aromatic heterocycles. The average molecular weight is 422 g/mol. The molecule has 0 radical (unpaired) electrons. The number of nitrogens with one attached hydrogen (secondary N) is 1. The standard InChI is InChI=1S/C20H21F3N4O3/c1-2-30-11-5-10-27-16-7-4-3-6-15(16)24-19(27)25-17(28)13-26-12-14(20(21,22)23)8-9-18(26)29/h3-4,6-9,12H,2,5,10-11,13H2,1H3,(H,24,25,28). The normalized spacial score (nSPS) is 11.7. The second-order valence-electron chi connectivity index (χ2n) is 6.56. The highest BCUT2D eigenvalue weighted by molar-refractivity contribution is 5.91. The number of aromatic nitrogens is 3. The maximum atomic E-state index is 12.9. The lowest BCUT2D eigenvalue weighted by Crippen LogP contribution is -2.29. The van der Waals surface area contributed by atoms with Crippen LogP contribution in [-0.2, 0) is 28.8 Å². The highest BCUT2D eigenvalue weighted by Crippen LogP contribution is 2.28. The molecule has 2 heterocycles. The summed E-state index contributed by atoms with van der Waals surface area (Å²) in [5, 5.41) is 2.61. The number of para-hydroxylation sites is 2. The molecule has 160 valence electrons. The summed E-state index contributed by atoms with van der Waals surface area (Å²) in [6, 6.07) is 8.79. The van der Waals surface area contributed by atoms with Gasteiger partial charge in [0.25, 0.3) is 5.56 Å². The second kappa shape index (κ2) is 9.12. The summed E-state index contributed by atoms with van der Waals surface area (Å²) < 4.78 is 46.5. The SMILES string of the molecule is CCOCCCn1c(NC(=O)Cn2cc(C(F)(F)F)ccc2=O)nc2ccccc21. The van der Waals surface area contributed by atoms with Crippen molar-refractivity contribution >= 4 is 22.9 Å². The number of amides is 1. The minimum Gasteiger partial charge on any atom is -0.382 e. The quantitative estimate of drug-likeness (QED) is 0.565. The lowest BCUT2D eigenvalue weighted by molar-refractivity contribution is -0.138. The molecule has 1 aromatic carbocycles. The second-order valence-corrected chi connectivity index (χ2v) is 6.56. The largest absolute Gasteiger partial charge is 0.417 e. The Morgan fingerprint density at radius 3 is 2.70 bits per heavy atom. The molecule has 0 aliphatic heterocycles. The number of halogens is 3. The Hall–Kier alpha value is -3.14. The number of fused-ring (bicyclic) bond motifs is 1. The maximum absolute atomic E-state index is 12.9. The molecule has 0 atom stereocenters. The number of pyridine rings is 1. The van der Waals surface area contributed by atoms with Gasteiger partial charge in [-0.2, -0.15) is 13.2 Å². The summed E-state index contributed by atoms with van der Waals surface area (Å²) in [4.78, 5) is 28.7. The lowest BCUT2D eigenvalue weighted by Gasteiger charge is -2.12. The number of carbonyl (C=O) groups excluding carboxylic acids is 1. The molecular formula is C20H21F3N4O3.